The highest BCUT2D eigenvalue weighted by atomic mass is 16.4. The van der Waals surface area contributed by atoms with Gasteiger partial charge in [0.25, 0.3) is 0 Å². The zero-order valence-corrected chi connectivity index (χ0v) is 7.16. The van der Waals surface area contributed by atoms with Crippen LogP contribution in [0, 0.1) is 6.92 Å². The van der Waals surface area contributed by atoms with Crippen molar-refractivity contribution in [3.63, 3.8) is 0 Å². The van der Waals surface area contributed by atoms with Crippen molar-refractivity contribution in [2.24, 2.45) is 0 Å². The van der Waals surface area contributed by atoms with Crippen LogP contribution in [0.3, 0.4) is 0 Å². The van der Waals surface area contributed by atoms with Crippen LogP contribution in [0.2, 0.25) is 0 Å². The molecule has 0 radical (unpaired) electrons. The predicted octanol–water partition coefficient (Wildman–Crippen LogP) is 0.908. The molecule has 0 bridgehead atoms. The van der Waals surface area contributed by atoms with Gasteiger partial charge in [-0.15, -0.1) is 0 Å². The number of carbonyl (C=O) groups excluding carboxylic acids is 2. The number of aryl methyl sites for hydroxylation is 1. The number of urea groups is 1. The molecule has 2 N–H and O–H groups in total. The van der Waals surface area contributed by atoms with Crippen LogP contribution in [-0.2, 0) is 4.79 Å². The summed E-state index contributed by atoms with van der Waals surface area (Å²) < 4.78 is 5.07. The number of nitrogens with one attached hydrogen (secondary N) is 2. The van der Waals surface area contributed by atoms with Crippen molar-refractivity contribution in [3.05, 3.63) is 17.9 Å². The second kappa shape index (κ2) is 4.30. The number of anilines is 1. The lowest BCUT2D eigenvalue weighted by atomic mass is 10.5. The molecule has 0 atom stereocenters. The summed E-state index contributed by atoms with van der Waals surface area (Å²) in [5.74, 6) is 1.08. The van der Waals surface area contributed by atoms with E-state index in [1.807, 2.05) is 0 Å². The van der Waals surface area contributed by atoms with E-state index in [2.05, 4.69) is 10.6 Å². The SMILES string of the molecule is Cc1ccc(NC(=O)NCC=O)o1. The maximum Gasteiger partial charge on any atom is 0.321 e. The standard InChI is InChI=1S/C8H10N2O3/c1-6-2-3-7(13-6)10-8(12)9-4-5-11/h2-3,5H,4H2,1H3,(H2,9,10,12). The maximum absolute atomic E-state index is 10.9. The Balaban J connectivity index is 2.40. The number of amides is 2. The van der Waals surface area contributed by atoms with Gasteiger partial charge in [0.15, 0.2) is 0 Å². The quantitative estimate of drug-likeness (QED) is 0.682. The van der Waals surface area contributed by atoms with Gasteiger partial charge in [-0.05, 0) is 13.0 Å². The molecule has 2 amide bonds. The van der Waals surface area contributed by atoms with Crippen molar-refractivity contribution < 1.29 is 14.0 Å². The van der Waals surface area contributed by atoms with Crippen LogP contribution in [0.25, 0.3) is 0 Å². The molecule has 0 saturated carbocycles. The van der Waals surface area contributed by atoms with E-state index in [1.165, 1.54) is 0 Å². The van der Waals surface area contributed by atoms with E-state index in [0.29, 0.717) is 17.9 Å². The topological polar surface area (TPSA) is 71.3 Å². The zero-order valence-electron chi connectivity index (χ0n) is 7.16. The maximum atomic E-state index is 10.9. The zero-order chi connectivity index (χ0) is 9.68. The second-order valence-corrected chi connectivity index (χ2v) is 2.41. The van der Waals surface area contributed by atoms with Gasteiger partial charge in [0, 0.05) is 6.07 Å². The Morgan fingerprint density at radius 3 is 2.92 bits per heavy atom. The molecule has 0 fully saturated rings. The second-order valence-electron chi connectivity index (χ2n) is 2.41. The van der Waals surface area contributed by atoms with Crippen molar-refractivity contribution in [1.82, 2.24) is 5.32 Å². The Morgan fingerprint density at radius 1 is 1.62 bits per heavy atom. The van der Waals surface area contributed by atoms with Crippen molar-refractivity contribution in [2.45, 2.75) is 6.92 Å². The Morgan fingerprint density at radius 2 is 2.38 bits per heavy atom. The number of rotatable bonds is 3. The summed E-state index contributed by atoms with van der Waals surface area (Å²) in [6.07, 6.45) is 0.604. The normalized spacial score (nSPS) is 9.31. The van der Waals surface area contributed by atoms with E-state index in [-0.39, 0.29) is 6.54 Å². The van der Waals surface area contributed by atoms with Crippen LogP contribution in [0.15, 0.2) is 16.5 Å². The van der Waals surface area contributed by atoms with Crippen molar-refractivity contribution in [1.29, 1.82) is 0 Å². The molecule has 5 heteroatoms. The van der Waals surface area contributed by atoms with E-state index < -0.39 is 6.03 Å². The number of hydrogen-bond donors (Lipinski definition) is 2. The van der Waals surface area contributed by atoms with Gasteiger partial charge in [0.05, 0.1) is 6.54 Å². The lowest BCUT2D eigenvalue weighted by molar-refractivity contribution is -0.107. The van der Waals surface area contributed by atoms with Gasteiger partial charge < -0.3 is 14.5 Å². The van der Waals surface area contributed by atoms with Crippen LogP contribution in [0.1, 0.15) is 5.76 Å². The summed E-state index contributed by atoms with van der Waals surface area (Å²) in [5.41, 5.74) is 0. The van der Waals surface area contributed by atoms with Gasteiger partial charge in [-0.2, -0.15) is 0 Å². The minimum absolute atomic E-state index is 0.00841. The molecule has 0 spiro atoms. The van der Waals surface area contributed by atoms with Crippen molar-refractivity contribution in [2.75, 3.05) is 11.9 Å². The Kier molecular flexibility index (Phi) is 3.08. The highest BCUT2D eigenvalue weighted by Gasteiger charge is 2.02. The first-order chi connectivity index (χ1) is 6.22. The first kappa shape index (κ1) is 9.31. The molecule has 1 rings (SSSR count). The van der Waals surface area contributed by atoms with Gasteiger partial charge in [0.2, 0.25) is 5.88 Å². The van der Waals surface area contributed by atoms with Crippen LogP contribution < -0.4 is 10.6 Å². The number of aldehydes is 1. The van der Waals surface area contributed by atoms with E-state index >= 15 is 0 Å². The predicted molar refractivity (Wildman–Crippen MR) is 46.5 cm³/mol. The third kappa shape index (κ3) is 2.98. The smallest absolute Gasteiger partial charge is 0.321 e. The lowest BCUT2D eigenvalue weighted by Crippen LogP contribution is -2.29. The summed E-state index contributed by atoms with van der Waals surface area (Å²) >= 11 is 0. The fraction of sp³-hybridized carbons (Fsp3) is 0.250. The molecule has 0 unspecified atom stereocenters. The molecule has 0 aliphatic heterocycles. The first-order valence-corrected chi connectivity index (χ1v) is 3.77. The molecular formula is C8H10N2O3. The van der Waals surface area contributed by atoms with Gasteiger partial charge in [-0.25, -0.2) is 4.79 Å². The molecule has 5 nitrogen and oxygen atoms in total. The van der Waals surface area contributed by atoms with E-state index in [4.69, 9.17) is 4.42 Å². The van der Waals surface area contributed by atoms with Crippen LogP contribution in [0.5, 0.6) is 0 Å². The highest BCUT2D eigenvalue weighted by molar-refractivity contribution is 5.88. The molecule has 1 aromatic heterocycles. The van der Waals surface area contributed by atoms with Crippen molar-refractivity contribution >= 4 is 18.2 Å². The number of furan rings is 1. The van der Waals surface area contributed by atoms with E-state index in [9.17, 15) is 9.59 Å². The Labute approximate surface area is 75.1 Å². The Bertz CT molecular complexity index is 306. The molecule has 0 aliphatic carbocycles. The third-order valence-electron chi connectivity index (χ3n) is 1.32. The fourth-order valence-electron chi connectivity index (χ4n) is 0.792. The number of hydrogen-bond acceptors (Lipinski definition) is 3. The summed E-state index contributed by atoms with van der Waals surface area (Å²) in [7, 11) is 0. The van der Waals surface area contributed by atoms with Crippen molar-refractivity contribution in [3.8, 4) is 0 Å². The van der Waals surface area contributed by atoms with Gasteiger partial charge in [0.1, 0.15) is 12.0 Å². The molecule has 1 heterocycles. The molecular weight excluding hydrogens is 172 g/mol. The third-order valence-corrected chi connectivity index (χ3v) is 1.32. The summed E-state index contributed by atoms with van der Waals surface area (Å²) in [4.78, 5) is 20.8. The summed E-state index contributed by atoms with van der Waals surface area (Å²) in [6.45, 7) is 1.76. The van der Waals surface area contributed by atoms with E-state index in [1.54, 1.807) is 19.1 Å². The molecule has 13 heavy (non-hydrogen) atoms. The largest absolute Gasteiger partial charge is 0.446 e. The minimum atomic E-state index is -0.457. The molecule has 70 valence electrons. The van der Waals surface area contributed by atoms with E-state index in [0.717, 1.165) is 0 Å². The Hall–Kier alpha value is -1.78. The van der Waals surface area contributed by atoms with Gasteiger partial charge >= 0.3 is 6.03 Å². The minimum Gasteiger partial charge on any atom is -0.446 e. The van der Waals surface area contributed by atoms with Crippen LogP contribution in [-0.4, -0.2) is 18.9 Å². The lowest BCUT2D eigenvalue weighted by Gasteiger charge is -2.00. The molecule has 0 aliphatic rings. The average molecular weight is 182 g/mol. The molecule has 1 aromatic rings. The van der Waals surface area contributed by atoms with Gasteiger partial charge in [-0.1, -0.05) is 0 Å². The monoisotopic (exact) mass is 182 g/mol. The molecule has 0 saturated heterocycles. The van der Waals surface area contributed by atoms with Crippen LogP contribution in [0.4, 0.5) is 10.7 Å². The first-order valence-electron chi connectivity index (χ1n) is 3.77. The summed E-state index contributed by atoms with van der Waals surface area (Å²) in [5, 5.41) is 4.73. The van der Waals surface area contributed by atoms with Crippen LogP contribution >= 0.6 is 0 Å². The fourth-order valence-corrected chi connectivity index (χ4v) is 0.792. The summed E-state index contributed by atoms with van der Waals surface area (Å²) in [6, 6.07) is 2.91. The highest BCUT2D eigenvalue weighted by Crippen LogP contribution is 2.10. The average Bonchev–Trinajstić information content (AvgIpc) is 2.48. The molecule has 0 aromatic carbocycles. The number of carbonyl (C=O) groups is 2. The van der Waals surface area contributed by atoms with Gasteiger partial charge in [-0.3, -0.25) is 5.32 Å².